The van der Waals surface area contributed by atoms with Crippen molar-refractivity contribution in [3.8, 4) is 11.5 Å². The fourth-order valence-corrected chi connectivity index (χ4v) is 1.29. The lowest BCUT2D eigenvalue weighted by atomic mass is 10.1. The Morgan fingerprint density at radius 2 is 2.00 bits per heavy atom. The summed E-state index contributed by atoms with van der Waals surface area (Å²) in [6.07, 6.45) is 1.67. The molecule has 2 heterocycles. The van der Waals surface area contributed by atoms with Crippen LogP contribution in [0, 0.1) is 13.8 Å². The van der Waals surface area contributed by atoms with Gasteiger partial charge in [-0.15, -0.1) is 0 Å². The van der Waals surface area contributed by atoms with Crippen molar-refractivity contribution in [2.45, 2.75) is 13.8 Å². The Morgan fingerprint density at radius 3 is 2.69 bits per heavy atom. The molecule has 0 aliphatic carbocycles. The molecule has 13 heavy (non-hydrogen) atoms. The molecule has 66 valence electrons. The van der Waals surface area contributed by atoms with Crippen LogP contribution in [0.1, 0.15) is 11.3 Å². The summed E-state index contributed by atoms with van der Waals surface area (Å²) >= 11 is 0. The molecule has 2 aromatic heterocycles. The molecule has 2 heteroatoms. The summed E-state index contributed by atoms with van der Waals surface area (Å²) in [5.41, 5.74) is 3.09. The first-order valence-corrected chi connectivity index (χ1v) is 4.25. The van der Waals surface area contributed by atoms with E-state index in [1.807, 2.05) is 32.0 Å². The van der Waals surface area contributed by atoms with E-state index in [1.54, 1.807) is 6.26 Å². The molecule has 0 radical (unpaired) electrons. The van der Waals surface area contributed by atoms with Crippen LogP contribution in [0.3, 0.4) is 0 Å². The molecule has 0 aliphatic heterocycles. The first-order chi connectivity index (χ1) is 6.27. The Balaban J connectivity index is 2.57. The minimum absolute atomic E-state index is 0.834. The lowest BCUT2D eigenvalue weighted by Crippen LogP contribution is -1.88. The van der Waals surface area contributed by atoms with Crippen molar-refractivity contribution in [1.82, 2.24) is 4.98 Å². The van der Waals surface area contributed by atoms with E-state index in [0.717, 1.165) is 22.7 Å². The normalized spacial score (nSPS) is 10.3. The molecule has 0 atom stereocenters. The highest BCUT2D eigenvalue weighted by atomic mass is 16.3. The van der Waals surface area contributed by atoms with Crippen molar-refractivity contribution in [2.24, 2.45) is 0 Å². The largest absolute Gasteiger partial charge is 0.463 e. The van der Waals surface area contributed by atoms with Crippen LogP contribution >= 0.6 is 0 Å². The predicted molar refractivity (Wildman–Crippen MR) is 51.4 cm³/mol. The fourth-order valence-electron chi connectivity index (χ4n) is 1.29. The van der Waals surface area contributed by atoms with Crippen LogP contribution in [0.4, 0.5) is 0 Å². The molecule has 0 saturated heterocycles. The van der Waals surface area contributed by atoms with Crippen molar-refractivity contribution in [3.63, 3.8) is 0 Å². The van der Waals surface area contributed by atoms with E-state index in [2.05, 4.69) is 11.1 Å². The molecule has 0 amide bonds. The molecule has 0 aromatic carbocycles. The average Bonchev–Trinajstić information content (AvgIpc) is 2.61. The number of furan rings is 1. The van der Waals surface area contributed by atoms with Crippen LogP contribution < -0.4 is 0 Å². The zero-order chi connectivity index (χ0) is 9.26. The first-order valence-electron chi connectivity index (χ1n) is 4.25. The summed E-state index contributed by atoms with van der Waals surface area (Å²) in [6.45, 7) is 4.01. The van der Waals surface area contributed by atoms with E-state index in [4.69, 9.17) is 4.42 Å². The quantitative estimate of drug-likeness (QED) is 0.662. The zero-order valence-electron chi connectivity index (χ0n) is 7.74. The Labute approximate surface area is 77.2 Å². The van der Waals surface area contributed by atoms with Crippen molar-refractivity contribution in [3.05, 3.63) is 41.8 Å². The predicted octanol–water partition coefficient (Wildman–Crippen LogP) is 2.96. The van der Waals surface area contributed by atoms with Crippen LogP contribution in [-0.2, 0) is 0 Å². The highest BCUT2D eigenvalue weighted by Crippen LogP contribution is 2.21. The minimum atomic E-state index is 0.834. The monoisotopic (exact) mass is 173 g/mol. The van der Waals surface area contributed by atoms with Crippen LogP contribution in [0.15, 0.2) is 34.9 Å². The molecule has 2 rings (SSSR count). The van der Waals surface area contributed by atoms with Gasteiger partial charge in [-0.3, -0.25) is 0 Å². The molecule has 0 fully saturated rings. The van der Waals surface area contributed by atoms with Gasteiger partial charge in [-0.25, -0.2) is 4.98 Å². The summed E-state index contributed by atoms with van der Waals surface area (Å²) in [5, 5.41) is 0. The Bertz CT molecular complexity index is 404. The second-order valence-electron chi connectivity index (χ2n) is 3.10. The number of aromatic nitrogens is 1. The van der Waals surface area contributed by atoms with Gasteiger partial charge in [-0.1, -0.05) is 6.07 Å². The average molecular weight is 173 g/mol. The van der Waals surface area contributed by atoms with E-state index in [0.29, 0.717) is 0 Å². The van der Waals surface area contributed by atoms with E-state index >= 15 is 0 Å². The molecule has 0 spiro atoms. The van der Waals surface area contributed by atoms with Gasteiger partial charge < -0.3 is 4.42 Å². The lowest BCUT2D eigenvalue weighted by Gasteiger charge is -2.01. The van der Waals surface area contributed by atoms with E-state index in [1.165, 1.54) is 0 Å². The fraction of sp³-hybridized carbons (Fsp3) is 0.182. The number of aryl methyl sites for hydroxylation is 2. The molecular weight excluding hydrogens is 162 g/mol. The van der Waals surface area contributed by atoms with Crippen molar-refractivity contribution in [1.29, 1.82) is 0 Å². The van der Waals surface area contributed by atoms with Gasteiger partial charge in [-0.2, -0.15) is 0 Å². The molecule has 0 saturated carbocycles. The standard InChI is InChI=1S/C11H11NO/c1-8-5-6-9(2)12-11(8)10-4-3-7-13-10/h3-7H,1-2H3. The van der Waals surface area contributed by atoms with Gasteiger partial charge in [0.25, 0.3) is 0 Å². The molecule has 2 aromatic rings. The van der Waals surface area contributed by atoms with Crippen LogP contribution in [0.2, 0.25) is 0 Å². The number of hydrogen-bond donors (Lipinski definition) is 0. The molecule has 2 nitrogen and oxygen atoms in total. The van der Waals surface area contributed by atoms with Gasteiger partial charge in [0, 0.05) is 5.69 Å². The van der Waals surface area contributed by atoms with Crippen LogP contribution in [0.5, 0.6) is 0 Å². The summed E-state index contributed by atoms with van der Waals surface area (Å²) in [4.78, 5) is 4.42. The molecule has 0 bridgehead atoms. The van der Waals surface area contributed by atoms with Crippen LogP contribution in [-0.4, -0.2) is 4.98 Å². The maximum absolute atomic E-state index is 5.29. The molecular formula is C11H11NO. The third-order valence-corrected chi connectivity index (χ3v) is 1.99. The lowest BCUT2D eigenvalue weighted by molar-refractivity contribution is 0.579. The summed E-state index contributed by atoms with van der Waals surface area (Å²) in [6, 6.07) is 7.86. The number of rotatable bonds is 1. The molecule has 0 aliphatic rings. The van der Waals surface area contributed by atoms with Gasteiger partial charge in [0.1, 0.15) is 5.69 Å². The third-order valence-electron chi connectivity index (χ3n) is 1.99. The van der Waals surface area contributed by atoms with E-state index < -0.39 is 0 Å². The summed E-state index contributed by atoms with van der Waals surface area (Å²) < 4.78 is 5.29. The molecule has 0 N–H and O–H groups in total. The van der Waals surface area contributed by atoms with Gasteiger partial charge in [0.2, 0.25) is 0 Å². The maximum Gasteiger partial charge on any atom is 0.152 e. The Morgan fingerprint density at radius 1 is 1.15 bits per heavy atom. The Kier molecular flexibility index (Phi) is 1.89. The Hall–Kier alpha value is -1.57. The minimum Gasteiger partial charge on any atom is -0.463 e. The third kappa shape index (κ3) is 1.47. The van der Waals surface area contributed by atoms with Gasteiger partial charge in [0.15, 0.2) is 5.76 Å². The SMILES string of the molecule is Cc1ccc(C)c(-c2ccco2)n1. The highest BCUT2D eigenvalue weighted by Gasteiger charge is 2.05. The van der Waals surface area contributed by atoms with Gasteiger partial charge in [0.05, 0.1) is 6.26 Å². The van der Waals surface area contributed by atoms with Crippen LogP contribution in [0.25, 0.3) is 11.5 Å². The second-order valence-corrected chi connectivity index (χ2v) is 3.10. The van der Waals surface area contributed by atoms with Crippen molar-refractivity contribution in [2.75, 3.05) is 0 Å². The van der Waals surface area contributed by atoms with Gasteiger partial charge >= 0.3 is 0 Å². The van der Waals surface area contributed by atoms with E-state index in [-0.39, 0.29) is 0 Å². The maximum atomic E-state index is 5.29. The van der Waals surface area contributed by atoms with Crippen molar-refractivity contribution < 1.29 is 4.42 Å². The summed E-state index contributed by atoms with van der Waals surface area (Å²) in [5.74, 6) is 0.834. The zero-order valence-corrected chi connectivity index (χ0v) is 7.74. The van der Waals surface area contributed by atoms with Gasteiger partial charge in [-0.05, 0) is 37.6 Å². The smallest absolute Gasteiger partial charge is 0.152 e. The van der Waals surface area contributed by atoms with E-state index in [9.17, 15) is 0 Å². The summed E-state index contributed by atoms with van der Waals surface area (Å²) in [7, 11) is 0. The number of pyridine rings is 1. The highest BCUT2D eigenvalue weighted by molar-refractivity contribution is 5.56. The first kappa shape index (κ1) is 8.05. The second kappa shape index (κ2) is 3.05. The number of nitrogens with zero attached hydrogens (tertiary/aromatic N) is 1. The topological polar surface area (TPSA) is 26.0 Å². The van der Waals surface area contributed by atoms with Crippen molar-refractivity contribution >= 4 is 0 Å². The number of hydrogen-bond acceptors (Lipinski definition) is 2. The molecule has 0 unspecified atom stereocenters.